The zero-order valence-corrected chi connectivity index (χ0v) is 21.2. The van der Waals surface area contributed by atoms with Crippen LogP contribution < -0.4 is 16.2 Å². The Hall–Kier alpha value is -2.86. The molecule has 0 bridgehead atoms. The molecule has 3 aromatic carbocycles. The van der Waals surface area contributed by atoms with E-state index >= 15 is 0 Å². The molecule has 1 aromatic heterocycles. The Kier molecular flexibility index (Phi) is 6.96. The molecule has 0 aliphatic carbocycles. The highest BCUT2D eigenvalue weighted by Gasteiger charge is 2.23. The predicted molar refractivity (Wildman–Crippen MR) is 137 cm³/mol. The van der Waals surface area contributed by atoms with E-state index in [1.165, 1.54) is 36.4 Å². The molecule has 0 saturated heterocycles. The summed E-state index contributed by atoms with van der Waals surface area (Å²) in [5, 5.41) is 13.0. The molecular weight excluding hydrogens is 558 g/mol. The third-order valence-corrected chi connectivity index (χ3v) is 7.05. The Morgan fingerprint density at radius 3 is 2.14 bits per heavy atom. The Bertz CT molecular complexity index is 1550. The molecule has 0 saturated carbocycles. The highest BCUT2D eigenvalue weighted by Crippen LogP contribution is 2.39. The fourth-order valence-electron chi connectivity index (χ4n) is 3.11. The fourth-order valence-corrected chi connectivity index (χ4v) is 4.73. The Labute approximate surface area is 219 Å². The second kappa shape index (κ2) is 9.65. The van der Waals surface area contributed by atoms with Gasteiger partial charge in [0, 0.05) is 11.3 Å². The van der Waals surface area contributed by atoms with Crippen LogP contribution in [0.5, 0.6) is 0 Å². The van der Waals surface area contributed by atoms with Crippen molar-refractivity contribution in [3.8, 4) is 11.4 Å². The van der Waals surface area contributed by atoms with Gasteiger partial charge in [0.2, 0.25) is 16.0 Å². The lowest BCUT2D eigenvalue weighted by molar-refractivity contribution is 0.0948. The van der Waals surface area contributed by atoms with Crippen LogP contribution in [0.2, 0.25) is 20.1 Å². The van der Waals surface area contributed by atoms with Crippen LogP contribution in [0.3, 0.4) is 0 Å². The highest BCUT2D eigenvalue weighted by atomic mass is 35.5. The molecule has 0 radical (unpaired) electrons. The molecule has 0 unspecified atom stereocenters. The SMILES string of the molecule is Nc1nc(-c2ccc(Cl)c(Nc3ccc(S(N)(=O)=O)cc3)c2Cl)nn1C(=O)c1c(Cl)cccc1Cl. The average molecular weight is 572 g/mol. The van der Waals surface area contributed by atoms with Crippen LogP contribution in [0.25, 0.3) is 11.4 Å². The monoisotopic (exact) mass is 570 g/mol. The number of aromatic nitrogens is 3. The molecule has 14 heteroatoms. The molecule has 1 heterocycles. The standard InChI is InChI=1S/C21H14Cl4N6O3S/c22-13-2-1-3-14(23)16(13)20(32)31-21(26)29-19(30-31)12-8-9-15(24)18(17(12)25)28-10-4-6-11(7-5-10)35(27,33)34/h1-9,28H,(H2,26,29,30)(H2,27,33,34). The van der Waals surface area contributed by atoms with Crippen LogP contribution in [0.4, 0.5) is 17.3 Å². The van der Waals surface area contributed by atoms with E-state index in [0.717, 1.165) is 4.68 Å². The molecule has 35 heavy (non-hydrogen) atoms. The number of hydrogen-bond donors (Lipinski definition) is 3. The smallest absolute Gasteiger partial charge is 0.284 e. The van der Waals surface area contributed by atoms with E-state index < -0.39 is 15.9 Å². The number of primary sulfonamides is 1. The van der Waals surface area contributed by atoms with Gasteiger partial charge in [0.15, 0.2) is 5.82 Å². The number of sulfonamides is 1. The summed E-state index contributed by atoms with van der Waals surface area (Å²) in [4.78, 5) is 17.1. The molecule has 5 N–H and O–H groups in total. The normalized spacial score (nSPS) is 11.5. The number of hydrogen-bond acceptors (Lipinski definition) is 7. The molecule has 0 aliphatic rings. The lowest BCUT2D eigenvalue weighted by Gasteiger charge is -2.13. The molecular formula is C21H14Cl4N6O3S. The van der Waals surface area contributed by atoms with Gasteiger partial charge in [-0.15, -0.1) is 5.10 Å². The van der Waals surface area contributed by atoms with Gasteiger partial charge >= 0.3 is 0 Å². The second-order valence-corrected chi connectivity index (χ2v) is 10.2. The van der Waals surface area contributed by atoms with Crippen LogP contribution in [-0.2, 0) is 10.0 Å². The third kappa shape index (κ3) is 5.08. The van der Waals surface area contributed by atoms with Crippen molar-refractivity contribution in [2.45, 2.75) is 4.90 Å². The molecule has 180 valence electrons. The number of nitrogens with one attached hydrogen (secondary N) is 1. The number of nitrogens with two attached hydrogens (primary N) is 2. The van der Waals surface area contributed by atoms with Crippen molar-refractivity contribution in [2.24, 2.45) is 5.14 Å². The summed E-state index contributed by atoms with van der Waals surface area (Å²) in [6, 6.07) is 13.4. The van der Waals surface area contributed by atoms with Gasteiger partial charge < -0.3 is 11.1 Å². The molecule has 0 atom stereocenters. The van der Waals surface area contributed by atoms with E-state index in [9.17, 15) is 13.2 Å². The first-order valence-electron chi connectivity index (χ1n) is 9.57. The first kappa shape index (κ1) is 25.2. The number of nitrogen functional groups attached to an aromatic ring is 1. The van der Waals surface area contributed by atoms with E-state index in [1.807, 2.05) is 0 Å². The van der Waals surface area contributed by atoms with Crippen LogP contribution in [-0.4, -0.2) is 29.1 Å². The maximum absolute atomic E-state index is 13.0. The Morgan fingerprint density at radius 1 is 0.914 bits per heavy atom. The van der Waals surface area contributed by atoms with Gasteiger partial charge in [0.05, 0.1) is 36.2 Å². The van der Waals surface area contributed by atoms with Gasteiger partial charge in [-0.3, -0.25) is 4.79 Å². The van der Waals surface area contributed by atoms with Crippen molar-refractivity contribution in [1.29, 1.82) is 0 Å². The number of benzene rings is 3. The van der Waals surface area contributed by atoms with E-state index in [2.05, 4.69) is 15.4 Å². The summed E-state index contributed by atoms with van der Waals surface area (Å²) in [6.07, 6.45) is 0. The summed E-state index contributed by atoms with van der Waals surface area (Å²) in [7, 11) is -3.84. The van der Waals surface area contributed by atoms with Gasteiger partial charge in [-0.05, 0) is 48.5 Å². The number of nitrogens with zero attached hydrogens (tertiary/aromatic N) is 3. The minimum atomic E-state index is -3.84. The summed E-state index contributed by atoms with van der Waals surface area (Å²) < 4.78 is 23.8. The summed E-state index contributed by atoms with van der Waals surface area (Å²) in [6.45, 7) is 0. The molecule has 0 aliphatic heterocycles. The van der Waals surface area contributed by atoms with Gasteiger partial charge in [-0.25, -0.2) is 13.6 Å². The van der Waals surface area contributed by atoms with Crippen molar-refractivity contribution in [3.63, 3.8) is 0 Å². The van der Waals surface area contributed by atoms with Gasteiger partial charge in [0.1, 0.15) is 0 Å². The van der Waals surface area contributed by atoms with Crippen molar-refractivity contribution in [2.75, 3.05) is 11.1 Å². The average Bonchev–Trinajstić information content (AvgIpc) is 3.17. The molecule has 9 nitrogen and oxygen atoms in total. The lowest BCUT2D eigenvalue weighted by atomic mass is 10.1. The largest absolute Gasteiger partial charge is 0.368 e. The molecule has 0 spiro atoms. The second-order valence-electron chi connectivity index (χ2n) is 7.09. The quantitative estimate of drug-likeness (QED) is 0.297. The number of anilines is 3. The van der Waals surface area contributed by atoms with Crippen molar-refractivity contribution >= 4 is 79.7 Å². The van der Waals surface area contributed by atoms with Crippen LogP contribution >= 0.6 is 46.4 Å². The summed E-state index contributed by atoms with van der Waals surface area (Å²) in [5.74, 6) is -0.830. The highest BCUT2D eigenvalue weighted by molar-refractivity contribution is 7.89. The Morgan fingerprint density at radius 2 is 1.54 bits per heavy atom. The molecule has 0 fully saturated rings. The summed E-state index contributed by atoms with van der Waals surface area (Å²) in [5.41, 5.74) is 7.07. The van der Waals surface area contributed by atoms with E-state index in [0.29, 0.717) is 16.9 Å². The zero-order valence-electron chi connectivity index (χ0n) is 17.3. The van der Waals surface area contributed by atoms with Crippen molar-refractivity contribution in [3.05, 3.63) is 80.3 Å². The van der Waals surface area contributed by atoms with Crippen LogP contribution in [0.1, 0.15) is 10.4 Å². The maximum atomic E-state index is 13.0. The zero-order chi connectivity index (χ0) is 25.5. The first-order valence-corrected chi connectivity index (χ1v) is 12.6. The fraction of sp³-hybridized carbons (Fsp3) is 0. The third-order valence-electron chi connectivity index (χ3n) is 4.79. The van der Waals surface area contributed by atoms with Crippen LogP contribution in [0.15, 0.2) is 59.5 Å². The molecule has 4 aromatic rings. The summed E-state index contributed by atoms with van der Waals surface area (Å²) >= 11 is 25.2. The van der Waals surface area contributed by atoms with Gasteiger partial charge in [-0.1, -0.05) is 52.5 Å². The Balaban J connectivity index is 1.71. The predicted octanol–water partition coefficient (Wildman–Crippen LogP) is 5.22. The maximum Gasteiger partial charge on any atom is 0.284 e. The van der Waals surface area contributed by atoms with Crippen LogP contribution in [0, 0.1) is 0 Å². The number of carbonyl (C=O) groups is 1. The molecule has 0 amide bonds. The number of halogens is 4. The van der Waals surface area contributed by atoms with Gasteiger partial charge in [-0.2, -0.15) is 9.67 Å². The van der Waals surface area contributed by atoms with E-state index in [-0.39, 0.29) is 42.3 Å². The number of carbonyl (C=O) groups excluding carboxylic acids is 1. The number of rotatable bonds is 5. The van der Waals surface area contributed by atoms with E-state index in [4.69, 9.17) is 57.3 Å². The minimum absolute atomic E-state index is 0.0199. The van der Waals surface area contributed by atoms with E-state index in [1.54, 1.807) is 18.2 Å². The lowest BCUT2D eigenvalue weighted by Crippen LogP contribution is -2.17. The first-order chi connectivity index (χ1) is 16.5. The van der Waals surface area contributed by atoms with Crippen molar-refractivity contribution < 1.29 is 13.2 Å². The topological polar surface area (TPSA) is 146 Å². The molecule has 4 rings (SSSR count). The minimum Gasteiger partial charge on any atom is -0.368 e. The van der Waals surface area contributed by atoms with Crippen molar-refractivity contribution in [1.82, 2.24) is 14.8 Å². The van der Waals surface area contributed by atoms with Gasteiger partial charge in [0.25, 0.3) is 5.91 Å².